The molecule has 0 aliphatic rings. The highest BCUT2D eigenvalue weighted by Crippen LogP contribution is 2.22. The number of thiophene rings is 1. The smallest absolute Gasteiger partial charge is 0.338 e. The van der Waals surface area contributed by atoms with Crippen molar-refractivity contribution in [1.82, 2.24) is 9.78 Å². The van der Waals surface area contributed by atoms with Crippen LogP contribution in [0.25, 0.3) is 5.69 Å². The molecule has 24 heavy (non-hydrogen) atoms. The lowest BCUT2D eigenvalue weighted by Gasteiger charge is -2.06. The van der Waals surface area contributed by atoms with Gasteiger partial charge in [0.1, 0.15) is 24.1 Å². The lowest BCUT2D eigenvalue weighted by Crippen LogP contribution is -2.06. The van der Waals surface area contributed by atoms with Crippen molar-refractivity contribution in [2.75, 3.05) is 5.73 Å². The number of halogens is 1. The van der Waals surface area contributed by atoms with Gasteiger partial charge >= 0.3 is 5.97 Å². The standard InChI is InChI=1S/C16H11BrN4O2S/c17-14-5-10(9-24-14)8-23-16(22)11-1-3-13(4-2-11)21-15(19)12(6-18)7-20-21/h1-5,7,9H,8,19H2. The minimum absolute atomic E-state index is 0.223. The zero-order chi connectivity index (χ0) is 17.1. The molecule has 120 valence electrons. The maximum atomic E-state index is 12.1. The molecule has 3 rings (SSSR count). The van der Waals surface area contributed by atoms with Crippen molar-refractivity contribution < 1.29 is 9.53 Å². The number of nitrogen functional groups attached to an aromatic ring is 1. The fourth-order valence-electron chi connectivity index (χ4n) is 2.04. The molecule has 0 spiro atoms. The van der Waals surface area contributed by atoms with Gasteiger partial charge in [-0.25, -0.2) is 9.48 Å². The number of anilines is 1. The fraction of sp³-hybridized carbons (Fsp3) is 0.0625. The van der Waals surface area contributed by atoms with Gasteiger partial charge in [-0.1, -0.05) is 0 Å². The topological polar surface area (TPSA) is 93.9 Å². The van der Waals surface area contributed by atoms with Crippen LogP contribution in [0.15, 0.2) is 45.7 Å². The molecule has 6 nitrogen and oxygen atoms in total. The van der Waals surface area contributed by atoms with E-state index in [1.165, 1.54) is 22.2 Å². The summed E-state index contributed by atoms with van der Waals surface area (Å²) in [6.07, 6.45) is 1.40. The van der Waals surface area contributed by atoms with Gasteiger partial charge in [-0.3, -0.25) is 0 Å². The highest BCUT2D eigenvalue weighted by Gasteiger charge is 2.11. The number of carbonyl (C=O) groups excluding carboxylic acids is 1. The molecule has 8 heteroatoms. The summed E-state index contributed by atoms with van der Waals surface area (Å²) in [4.78, 5) is 12.1. The van der Waals surface area contributed by atoms with Crippen LogP contribution >= 0.6 is 27.3 Å². The van der Waals surface area contributed by atoms with E-state index in [1.54, 1.807) is 24.3 Å². The largest absolute Gasteiger partial charge is 0.457 e. The monoisotopic (exact) mass is 402 g/mol. The molecule has 2 N–H and O–H groups in total. The summed E-state index contributed by atoms with van der Waals surface area (Å²) < 4.78 is 7.71. The minimum atomic E-state index is -0.407. The predicted octanol–water partition coefficient (Wildman–Crippen LogP) is 3.51. The Labute approximate surface area is 150 Å². The maximum Gasteiger partial charge on any atom is 0.338 e. The number of benzene rings is 1. The van der Waals surface area contributed by atoms with Crippen LogP contribution in [0.1, 0.15) is 21.5 Å². The molecule has 0 radical (unpaired) electrons. The van der Waals surface area contributed by atoms with Crippen LogP contribution in [0.5, 0.6) is 0 Å². The Bertz CT molecular complexity index is 924. The van der Waals surface area contributed by atoms with Crippen LogP contribution in [-0.2, 0) is 11.3 Å². The zero-order valence-electron chi connectivity index (χ0n) is 12.3. The van der Waals surface area contributed by atoms with E-state index in [0.717, 1.165) is 9.35 Å². The number of rotatable bonds is 4. The average Bonchev–Trinajstić information content (AvgIpc) is 3.18. The summed E-state index contributed by atoms with van der Waals surface area (Å²) in [5.41, 5.74) is 8.17. The fourth-order valence-corrected chi connectivity index (χ4v) is 3.24. The van der Waals surface area contributed by atoms with Crippen LogP contribution in [-0.4, -0.2) is 15.7 Å². The van der Waals surface area contributed by atoms with Gasteiger partial charge in [0.15, 0.2) is 0 Å². The van der Waals surface area contributed by atoms with E-state index in [-0.39, 0.29) is 12.4 Å². The minimum Gasteiger partial charge on any atom is -0.457 e. The van der Waals surface area contributed by atoms with E-state index in [1.807, 2.05) is 17.5 Å². The summed E-state index contributed by atoms with van der Waals surface area (Å²) in [7, 11) is 0. The van der Waals surface area contributed by atoms with Crippen LogP contribution in [0.4, 0.5) is 5.82 Å². The van der Waals surface area contributed by atoms with E-state index in [2.05, 4.69) is 21.0 Å². The van der Waals surface area contributed by atoms with Crippen LogP contribution in [0.3, 0.4) is 0 Å². The van der Waals surface area contributed by atoms with Gasteiger partial charge in [-0.2, -0.15) is 10.4 Å². The first-order chi connectivity index (χ1) is 11.6. The Kier molecular flexibility index (Phi) is 4.64. The lowest BCUT2D eigenvalue weighted by molar-refractivity contribution is 0.0473. The third-order valence-electron chi connectivity index (χ3n) is 3.27. The number of ether oxygens (including phenoxy) is 1. The molecule has 2 heterocycles. The number of hydrogen-bond donors (Lipinski definition) is 1. The van der Waals surface area contributed by atoms with Crippen LogP contribution in [0.2, 0.25) is 0 Å². The Morgan fingerprint density at radius 2 is 2.17 bits per heavy atom. The van der Waals surface area contributed by atoms with Gasteiger partial charge in [0, 0.05) is 5.56 Å². The SMILES string of the molecule is N#Cc1cnn(-c2ccc(C(=O)OCc3csc(Br)c3)cc2)c1N. The predicted molar refractivity (Wildman–Crippen MR) is 93.8 cm³/mol. The van der Waals surface area contributed by atoms with Crippen LogP contribution < -0.4 is 5.73 Å². The van der Waals surface area contributed by atoms with E-state index in [9.17, 15) is 4.79 Å². The first-order valence-corrected chi connectivity index (χ1v) is 8.50. The van der Waals surface area contributed by atoms with E-state index in [0.29, 0.717) is 16.8 Å². The van der Waals surface area contributed by atoms with Gasteiger partial charge in [-0.15, -0.1) is 11.3 Å². The third-order valence-corrected chi connectivity index (χ3v) is 4.82. The van der Waals surface area contributed by atoms with Crippen molar-refractivity contribution >= 4 is 39.1 Å². The maximum absolute atomic E-state index is 12.1. The third kappa shape index (κ3) is 3.32. The van der Waals surface area contributed by atoms with E-state index in [4.69, 9.17) is 15.7 Å². The number of carbonyl (C=O) groups is 1. The van der Waals surface area contributed by atoms with Crippen molar-refractivity contribution in [3.63, 3.8) is 0 Å². The second-order valence-corrected chi connectivity index (χ2v) is 7.14. The summed E-state index contributed by atoms with van der Waals surface area (Å²) in [5, 5.41) is 14.9. The summed E-state index contributed by atoms with van der Waals surface area (Å²) in [6.45, 7) is 0.223. The second-order valence-electron chi connectivity index (χ2n) is 4.85. The molecule has 0 aliphatic carbocycles. The molecule has 0 atom stereocenters. The number of aromatic nitrogens is 2. The van der Waals surface area contributed by atoms with Gasteiger partial charge in [0.2, 0.25) is 0 Å². The Morgan fingerprint density at radius 1 is 1.42 bits per heavy atom. The van der Waals surface area contributed by atoms with Gasteiger partial charge in [0.05, 0.1) is 21.2 Å². The zero-order valence-corrected chi connectivity index (χ0v) is 14.7. The van der Waals surface area contributed by atoms with Gasteiger partial charge < -0.3 is 10.5 Å². The van der Waals surface area contributed by atoms with Crippen molar-refractivity contribution in [3.05, 3.63) is 62.4 Å². The Hall–Kier alpha value is -2.63. The quantitative estimate of drug-likeness (QED) is 0.673. The summed E-state index contributed by atoms with van der Waals surface area (Å²) in [5.74, 6) is -0.147. The van der Waals surface area contributed by atoms with Crippen molar-refractivity contribution in [2.24, 2.45) is 0 Å². The molecule has 0 saturated carbocycles. The molecule has 0 bridgehead atoms. The lowest BCUT2D eigenvalue weighted by atomic mass is 10.2. The normalized spacial score (nSPS) is 10.3. The number of nitrogens with zero attached hydrogens (tertiary/aromatic N) is 3. The second kappa shape index (κ2) is 6.86. The van der Waals surface area contributed by atoms with Gasteiger partial charge in [-0.05, 0) is 51.6 Å². The van der Waals surface area contributed by atoms with Crippen molar-refractivity contribution in [3.8, 4) is 11.8 Å². The first kappa shape index (κ1) is 16.2. The molecule has 0 unspecified atom stereocenters. The van der Waals surface area contributed by atoms with E-state index >= 15 is 0 Å². The number of nitrogens with two attached hydrogens (primary N) is 1. The molecule has 0 saturated heterocycles. The Morgan fingerprint density at radius 3 is 2.75 bits per heavy atom. The Balaban J connectivity index is 1.70. The number of hydrogen-bond acceptors (Lipinski definition) is 6. The molecule has 3 aromatic rings. The summed E-state index contributed by atoms with van der Waals surface area (Å²) >= 11 is 4.90. The van der Waals surface area contributed by atoms with E-state index < -0.39 is 5.97 Å². The highest BCUT2D eigenvalue weighted by molar-refractivity contribution is 9.11. The molecular formula is C16H11BrN4O2S. The van der Waals surface area contributed by atoms with Gasteiger partial charge in [0.25, 0.3) is 0 Å². The highest BCUT2D eigenvalue weighted by atomic mass is 79.9. The van der Waals surface area contributed by atoms with Crippen LogP contribution in [0, 0.1) is 11.3 Å². The molecule has 0 aliphatic heterocycles. The van der Waals surface area contributed by atoms with Crippen molar-refractivity contribution in [1.29, 1.82) is 5.26 Å². The number of nitriles is 1. The molecule has 2 aromatic heterocycles. The molecular weight excluding hydrogens is 392 g/mol. The van der Waals surface area contributed by atoms with Crippen molar-refractivity contribution in [2.45, 2.75) is 6.61 Å². The molecule has 0 amide bonds. The molecule has 0 fully saturated rings. The summed E-state index contributed by atoms with van der Waals surface area (Å²) in [6, 6.07) is 10.5. The number of esters is 1. The average molecular weight is 403 g/mol. The first-order valence-electron chi connectivity index (χ1n) is 6.82. The molecule has 1 aromatic carbocycles.